The SMILES string of the molecule is CCCC=C(C)c1cccnc1C. The van der Waals surface area contributed by atoms with Gasteiger partial charge in [0, 0.05) is 11.9 Å². The maximum absolute atomic E-state index is 4.27. The van der Waals surface area contributed by atoms with Crippen molar-refractivity contribution in [1.82, 2.24) is 4.98 Å². The van der Waals surface area contributed by atoms with E-state index in [0.717, 1.165) is 12.1 Å². The second-order valence-corrected chi connectivity index (χ2v) is 3.31. The summed E-state index contributed by atoms with van der Waals surface area (Å²) in [4.78, 5) is 4.27. The number of rotatable bonds is 3. The Balaban J connectivity index is 2.88. The van der Waals surface area contributed by atoms with Crippen LogP contribution in [0, 0.1) is 6.92 Å². The van der Waals surface area contributed by atoms with E-state index in [0.29, 0.717) is 0 Å². The van der Waals surface area contributed by atoms with Crippen molar-refractivity contribution in [2.24, 2.45) is 0 Å². The number of unbranched alkanes of at least 4 members (excludes halogenated alkanes) is 1. The number of hydrogen-bond donors (Lipinski definition) is 0. The summed E-state index contributed by atoms with van der Waals surface area (Å²) in [6.07, 6.45) is 6.48. The Morgan fingerprint density at radius 1 is 1.54 bits per heavy atom. The third kappa shape index (κ3) is 2.69. The van der Waals surface area contributed by atoms with Crippen LogP contribution in [0.5, 0.6) is 0 Å². The summed E-state index contributed by atoms with van der Waals surface area (Å²) in [6, 6.07) is 4.12. The lowest BCUT2D eigenvalue weighted by Gasteiger charge is -2.04. The van der Waals surface area contributed by atoms with Crippen LogP contribution in [-0.2, 0) is 0 Å². The zero-order valence-electron chi connectivity index (χ0n) is 8.67. The molecule has 0 aromatic carbocycles. The van der Waals surface area contributed by atoms with Crippen molar-refractivity contribution in [2.45, 2.75) is 33.6 Å². The van der Waals surface area contributed by atoms with Crippen LogP contribution in [0.4, 0.5) is 0 Å². The number of allylic oxidation sites excluding steroid dienone is 2. The molecule has 13 heavy (non-hydrogen) atoms. The monoisotopic (exact) mass is 175 g/mol. The average molecular weight is 175 g/mol. The first kappa shape index (κ1) is 9.97. The molecule has 0 aliphatic rings. The minimum atomic E-state index is 1.12. The first-order valence-electron chi connectivity index (χ1n) is 4.84. The molecule has 1 heterocycles. The van der Waals surface area contributed by atoms with Crippen molar-refractivity contribution in [2.75, 3.05) is 0 Å². The fourth-order valence-corrected chi connectivity index (χ4v) is 1.37. The highest BCUT2D eigenvalue weighted by Crippen LogP contribution is 2.16. The molecule has 1 aromatic heterocycles. The third-order valence-corrected chi connectivity index (χ3v) is 2.17. The molecule has 70 valence electrons. The van der Waals surface area contributed by atoms with Crippen molar-refractivity contribution in [1.29, 1.82) is 0 Å². The molecule has 1 rings (SSSR count). The van der Waals surface area contributed by atoms with Gasteiger partial charge < -0.3 is 0 Å². The van der Waals surface area contributed by atoms with Gasteiger partial charge in [-0.2, -0.15) is 0 Å². The molecule has 0 saturated heterocycles. The van der Waals surface area contributed by atoms with Crippen LogP contribution >= 0.6 is 0 Å². The van der Waals surface area contributed by atoms with Crippen LogP contribution in [0.25, 0.3) is 5.57 Å². The van der Waals surface area contributed by atoms with Gasteiger partial charge in [-0.25, -0.2) is 0 Å². The normalized spacial score (nSPS) is 11.8. The fourth-order valence-electron chi connectivity index (χ4n) is 1.37. The molecule has 0 fully saturated rings. The molecule has 1 nitrogen and oxygen atoms in total. The molecule has 0 bridgehead atoms. The van der Waals surface area contributed by atoms with Crippen molar-refractivity contribution in [3.05, 3.63) is 35.7 Å². The van der Waals surface area contributed by atoms with E-state index in [1.807, 2.05) is 12.3 Å². The maximum Gasteiger partial charge on any atom is 0.0447 e. The van der Waals surface area contributed by atoms with Gasteiger partial charge >= 0.3 is 0 Å². The smallest absolute Gasteiger partial charge is 0.0447 e. The molecule has 0 amide bonds. The summed E-state index contributed by atoms with van der Waals surface area (Å²) in [5, 5.41) is 0. The Morgan fingerprint density at radius 2 is 2.31 bits per heavy atom. The van der Waals surface area contributed by atoms with E-state index in [-0.39, 0.29) is 0 Å². The first-order chi connectivity index (χ1) is 6.25. The molecule has 0 aliphatic heterocycles. The van der Waals surface area contributed by atoms with Gasteiger partial charge in [0.05, 0.1) is 0 Å². The molecule has 0 atom stereocenters. The standard InChI is InChI=1S/C12H17N/c1-4-5-7-10(2)12-8-6-9-13-11(12)3/h6-9H,4-5H2,1-3H3. The lowest BCUT2D eigenvalue weighted by Crippen LogP contribution is -1.88. The van der Waals surface area contributed by atoms with E-state index < -0.39 is 0 Å². The van der Waals surface area contributed by atoms with E-state index >= 15 is 0 Å². The zero-order valence-corrected chi connectivity index (χ0v) is 8.67. The molecular weight excluding hydrogens is 158 g/mol. The van der Waals surface area contributed by atoms with Crippen LogP contribution < -0.4 is 0 Å². The van der Waals surface area contributed by atoms with Crippen molar-refractivity contribution in [3.8, 4) is 0 Å². The van der Waals surface area contributed by atoms with Gasteiger partial charge in [-0.1, -0.05) is 25.5 Å². The van der Waals surface area contributed by atoms with Gasteiger partial charge in [0.25, 0.3) is 0 Å². The molecule has 0 radical (unpaired) electrons. The van der Waals surface area contributed by atoms with Gasteiger partial charge in [-0.3, -0.25) is 4.98 Å². The number of nitrogens with zero attached hydrogens (tertiary/aromatic N) is 1. The lowest BCUT2D eigenvalue weighted by molar-refractivity contribution is 0.958. The summed E-state index contributed by atoms with van der Waals surface area (Å²) in [6.45, 7) is 6.40. The van der Waals surface area contributed by atoms with E-state index in [9.17, 15) is 0 Å². The van der Waals surface area contributed by atoms with Crippen molar-refractivity contribution >= 4 is 5.57 Å². The maximum atomic E-state index is 4.27. The minimum absolute atomic E-state index is 1.12. The second kappa shape index (κ2) is 4.80. The van der Waals surface area contributed by atoms with E-state index in [4.69, 9.17) is 0 Å². The predicted molar refractivity (Wildman–Crippen MR) is 57.5 cm³/mol. The summed E-state index contributed by atoms with van der Waals surface area (Å²) >= 11 is 0. The van der Waals surface area contributed by atoms with Gasteiger partial charge in [0.15, 0.2) is 0 Å². The van der Waals surface area contributed by atoms with Gasteiger partial charge in [-0.05, 0) is 37.5 Å². The summed E-state index contributed by atoms with van der Waals surface area (Å²) in [7, 11) is 0. The molecule has 0 aliphatic carbocycles. The summed E-state index contributed by atoms with van der Waals surface area (Å²) in [5.41, 5.74) is 3.73. The molecule has 0 saturated carbocycles. The molecule has 1 heteroatoms. The Hall–Kier alpha value is -1.11. The number of aryl methyl sites for hydroxylation is 1. The molecule has 0 unspecified atom stereocenters. The zero-order chi connectivity index (χ0) is 9.68. The summed E-state index contributed by atoms with van der Waals surface area (Å²) < 4.78 is 0. The summed E-state index contributed by atoms with van der Waals surface area (Å²) in [5.74, 6) is 0. The Bertz CT molecular complexity index is 300. The Kier molecular flexibility index (Phi) is 3.69. The van der Waals surface area contributed by atoms with E-state index in [2.05, 4.69) is 37.9 Å². The highest BCUT2D eigenvalue weighted by Gasteiger charge is 1.98. The lowest BCUT2D eigenvalue weighted by atomic mass is 10.1. The largest absolute Gasteiger partial charge is 0.261 e. The Morgan fingerprint density at radius 3 is 2.92 bits per heavy atom. The van der Waals surface area contributed by atoms with Gasteiger partial charge in [0.2, 0.25) is 0 Å². The van der Waals surface area contributed by atoms with E-state index in [1.165, 1.54) is 17.6 Å². The minimum Gasteiger partial charge on any atom is -0.261 e. The molecular formula is C12H17N. The third-order valence-electron chi connectivity index (χ3n) is 2.17. The number of aromatic nitrogens is 1. The highest BCUT2D eigenvalue weighted by molar-refractivity contribution is 5.64. The van der Waals surface area contributed by atoms with Crippen LogP contribution in [-0.4, -0.2) is 4.98 Å². The van der Waals surface area contributed by atoms with Crippen LogP contribution in [0.3, 0.4) is 0 Å². The molecule has 1 aromatic rings. The predicted octanol–water partition coefficient (Wildman–Crippen LogP) is 3.59. The number of pyridine rings is 1. The second-order valence-electron chi connectivity index (χ2n) is 3.31. The van der Waals surface area contributed by atoms with Gasteiger partial charge in [0.1, 0.15) is 0 Å². The Labute approximate surface area is 80.5 Å². The van der Waals surface area contributed by atoms with Crippen molar-refractivity contribution < 1.29 is 0 Å². The van der Waals surface area contributed by atoms with Crippen LogP contribution in [0.2, 0.25) is 0 Å². The van der Waals surface area contributed by atoms with E-state index in [1.54, 1.807) is 0 Å². The number of hydrogen-bond acceptors (Lipinski definition) is 1. The average Bonchev–Trinajstić information content (AvgIpc) is 2.15. The highest BCUT2D eigenvalue weighted by atomic mass is 14.7. The topological polar surface area (TPSA) is 12.9 Å². The molecule has 0 spiro atoms. The van der Waals surface area contributed by atoms with Crippen LogP contribution in [0.15, 0.2) is 24.4 Å². The first-order valence-corrected chi connectivity index (χ1v) is 4.84. The quantitative estimate of drug-likeness (QED) is 0.684. The van der Waals surface area contributed by atoms with Crippen molar-refractivity contribution in [3.63, 3.8) is 0 Å². The van der Waals surface area contributed by atoms with Gasteiger partial charge in [-0.15, -0.1) is 0 Å². The van der Waals surface area contributed by atoms with Crippen LogP contribution in [0.1, 0.15) is 37.9 Å². The molecule has 0 N–H and O–H groups in total. The fraction of sp³-hybridized carbons (Fsp3) is 0.417.